The predicted octanol–water partition coefficient (Wildman–Crippen LogP) is 0.371. The van der Waals surface area contributed by atoms with E-state index in [1.807, 2.05) is 0 Å². The Morgan fingerprint density at radius 2 is 1.77 bits per heavy atom. The number of aromatic nitrogens is 5. The van der Waals surface area contributed by atoms with Gasteiger partial charge >= 0.3 is 5.69 Å². The molecule has 0 spiro atoms. The number of pyridine rings is 1. The zero-order valence-corrected chi connectivity index (χ0v) is 16.3. The lowest BCUT2D eigenvalue weighted by Gasteiger charge is -2.10. The van der Waals surface area contributed by atoms with Crippen molar-refractivity contribution in [3.8, 4) is 0 Å². The Hall–Kier alpha value is -4.08. The van der Waals surface area contributed by atoms with Crippen LogP contribution in [0.15, 0.2) is 57.2 Å². The van der Waals surface area contributed by atoms with Crippen LogP contribution in [0.4, 0.5) is 5.69 Å². The van der Waals surface area contributed by atoms with Crippen LogP contribution in [0.25, 0.3) is 21.9 Å². The number of benzene rings is 1. The van der Waals surface area contributed by atoms with Gasteiger partial charge in [0.2, 0.25) is 5.91 Å². The van der Waals surface area contributed by atoms with Crippen LogP contribution >= 0.6 is 0 Å². The quantitative estimate of drug-likeness (QED) is 0.523. The highest BCUT2D eigenvalue weighted by Gasteiger charge is 2.12. The zero-order valence-electron chi connectivity index (χ0n) is 16.3. The molecule has 10 nitrogen and oxygen atoms in total. The molecule has 0 atom stereocenters. The number of rotatable bonds is 4. The normalized spacial score (nSPS) is 11.1. The molecule has 0 aliphatic heterocycles. The lowest BCUT2D eigenvalue weighted by atomic mass is 10.2. The molecule has 3 aromatic heterocycles. The average Bonchev–Trinajstić information content (AvgIpc) is 2.76. The number of nitrogens with zero attached hydrogens (tertiary/aromatic N) is 5. The minimum atomic E-state index is -0.495. The van der Waals surface area contributed by atoms with Crippen LogP contribution in [0.1, 0.15) is 6.42 Å². The summed E-state index contributed by atoms with van der Waals surface area (Å²) in [4.78, 5) is 57.5. The molecule has 4 rings (SSSR count). The van der Waals surface area contributed by atoms with Gasteiger partial charge in [0.05, 0.1) is 34.5 Å². The van der Waals surface area contributed by atoms with Crippen molar-refractivity contribution in [1.82, 2.24) is 23.7 Å². The van der Waals surface area contributed by atoms with Gasteiger partial charge in [0, 0.05) is 27.1 Å². The number of carbonyl (C=O) groups is 1. The Morgan fingerprint density at radius 3 is 2.57 bits per heavy atom. The Balaban J connectivity index is 1.54. The Bertz CT molecular complexity index is 1480. The van der Waals surface area contributed by atoms with E-state index in [0.29, 0.717) is 16.6 Å². The molecule has 0 aliphatic rings. The Kier molecular flexibility index (Phi) is 4.74. The molecule has 1 N–H and O–H groups in total. The summed E-state index contributed by atoms with van der Waals surface area (Å²) in [5.74, 6) is -0.349. The summed E-state index contributed by atoms with van der Waals surface area (Å²) in [6, 6.07) is 8.48. The molecule has 3 heterocycles. The number of carbonyl (C=O) groups excluding carboxylic acids is 1. The third-order valence-corrected chi connectivity index (χ3v) is 4.89. The van der Waals surface area contributed by atoms with Crippen molar-refractivity contribution >= 4 is 33.5 Å². The van der Waals surface area contributed by atoms with Crippen molar-refractivity contribution in [2.24, 2.45) is 14.1 Å². The van der Waals surface area contributed by atoms with Gasteiger partial charge in [-0.2, -0.15) is 0 Å². The summed E-state index contributed by atoms with van der Waals surface area (Å²) in [5, 5.41) is 3.37. The highest BCUT2D eigenvalue weighted by Crippen LogP contribution is 2.12. The number of amides is 1. The van der Waals surface area contributed by atoms with Crippen LogP contribution in [0.2, 0.25) is 0 Å². The maximum absolute atomic E-state index is 12.5. The predicted molar refractivity (Wildman–Crippen MR) is 111 cm³/mol. The first-order chi connectivity index (χ1) is 14.4. The van der Waals surface area contributed by atoms with Crippen LogP contribution in [0.3, 0.4) is 0 Å². The minimum Gasteiger partial charge on any atom is -0.325 e. The van der Waals surface area contributed by atoms with Crippen molar-refractivity contribution in [1.29, 1.82) is 0 Å². The van der Waals surface area contributed by atoms with Gasteiger partial charge in [-0.05, 0) is 18.2 Å². The molecule has 0 saturated heterocycles. The Labute approximate surface area is 169 Å². The smallest absolute Gasteiger partial charge is 0.325 e. The van der Waals surface area contributed by atoms with Gasteiger partial charge in [0.15, 0.2) is 0 Å². The summed E-state index contributed by atoms with van der Waals surface area (Å²) in [5.41, 5.74) is -0.0366. The number of anilines is 1. The number of aryl methyl sites for hydroxylation is 2. The first kappa shape index (κ1) is 19.2. The Morgan fingerprint density at radius 1 is 1.00 bits per heavy atom. The monoisotopic (exact) mass is 406 g/mol. The second-order valence-electron chi connectivity index (χ2n) is 6.86. The van der Waals surface area contributed by atoms with Crippen LogP contribution < -0.4 is 22.1 Å². The van der Waals surface area contributed by atoms with Crippen molar-refractivity contribution in [2.45, 2.75) is 13.0 Å². The molecule has 0 saturated carbocycles. The number of hydrogen-bond acceptors (Lipinski definition) is 6. The number of hydrogen-bond donors (Lipinski definition) is 1. The molecule has 4 aromatic rings. The number of fused-ring (bicyclic) bond motifs is 2. The molecule has 152 valence electrons. The zero-order chi connectivity index (χ0) is 21.4. The highest BCUT2D eigenvalue weighted by atomic mass is 16.2. The molecule has 1 amide bonds. The lowest BCUT2D eigenvalue weighted by molar-refractivity contribution is -0.116. The highest BCUT2D eigenvalue weighted by molar-refractivity contribution is 5.92. The molecular weight excluding hydrogens is 388 g/mol. The molecule has 0 unspecified atom stereocenters. The maximum Gasteiger partial charge on any atom is 0.332 e. The first-order valence-corrected chi connectivity index (χ1v) is 9.16. The SMILES string of the molecule is Cn1c(=O)c2cc(NC(=O)CCn3cnc4ccccc4c3=O)cnc2n(C)c1=O. The summed E-state index contributed by atoms with van der Waals surface area (Å²) < 4.78 is 3.63. The van der Waals surface area contributed by atoms with Crippen LogP contribution in [0.5, 0.6) is 0 Å². The van der Waals surface area contributed by atoms with Crippen LogP contribution in [-0.2, 0) is 25.4 Å². The van der Waals surface area contributed by atoms with E-state index in [0.717, 1.165) is 4.57 Å². The minimum absolute atomic E-state index is 0.0310. The molecule has 0 aliphatic carbocycles. The van der Waals surface area contributed by atoms with Gasteiger partial charge in [-0.1, -0.05) is 12.1 Å². The van der Waals surface area contributed by atoms with Crippen LogP contribution in [-0.4, -0.2) is 29.6 Å². The molecule has 30 heavy (non-hydrogen) atoms. The third-order valence-electron chi connectivity index (χ3n) is 4.89. The van der Waals surface area contributed by atoms with E-state index in [4.69, 9.17) is 0 Å². The molecule has 1 aromatic carbocycles. The second-order valence-corrected chi connectivity index (χ2v) is 6.86. The van der Waals surface area contributed by atoms with Gasteiger partial charge in [-0.15, -0.1) is 0 Å². The molecule has 0 radical (unpaired) electrons. The van der Waals surface area contributed by atoms with E-state index >= 15 is 0 Å². The number of nitrogens with one attached hydrogen (secondary N) is 1. The van der Waals surface area contributed by atoms with Gasteiger partial charge in [-0.25, -0.2) is 14.8 Å². The lowest BCUT2D eigenvalue weighted by Crippen LogP contribution is -2.37. The fraction of sp³-hybridized carbons (Fsp3) is 0.200. The average molecular weight is 406 g/mol. The van der Waals surface area contributed by atoms with Gasteiger partial charge < -0.3 is 5.32 Å². The molecule has 0 fully saturated rings. The summed E-state index contributed by atoms with van der Waals surface area (Å²) in [6.07, 6.45) is 2.83. The summed E-state index contributed by atoms with van der Waals surface area (Å²) in [6.45, 7) is 0.153. The molecular formula is C20H18N6O4. The maximum atomic E-state index is 12.5. The fourth-order valence-electron chi connectivity index (χ4n) is 3.24. The topological polar surface area (TPSA) is 121 Å². The largest absolute Gasteiger partial charge is 0.332 e. The molecule has 0 bridgehead atoms. The second kappa shape index (κ2) is 7.39. The van der Waals surface area contributed by atoms with Crippen LogP contribution in [0, 0.1) is 0 Å². The number of para-hydroxylation sites is 1. The summed E-state index contributed by atoms with van der Waals surface area (Å²) in [7, 11) is 2.90. The van der Waals surface area contributed by atoms with E-state index in [1.54, 1.807) is 24.3 Å². The first-order valence-electron chi connectivity index (χ1n) is 9.16. The van der Waals surface area contributed by atoms with E-state index < -0.39 is 11.2 Å². The fourth-order valence-corrected chi connectivity index (χ4v) is 3.24. The molecule has 10 heteroatoms. The van der Waals surface area contributed by atoms with E-state index in [1.165, 1.54) is 41.8 Å². The van der Waals surface area contributed by atoms with E-state index in [-0.39, 0.29) is 35.5 Å². The van der Waals surface area contributed by atoms with Gasteiger partial charge in [0.25, 0.3) is 11.1 Å². The van der Waals surface area contributed by atoms with Gasteiger partial charge in [-0.3, -0.25) is 28.1 Å². The van der Waals surface area contributed by atoms with E-state index in [2.05, 4.69) is 15.3 Å². The summed E-state index contributed by atoms with van der Waals surface area (Å²) >= 11 is 0. The third kappa shape index (κ3) is 3.28. The van der Waals surface area contributed by atoms with Gasteiger partial charge in [0.1, 0.15) is 5.65 Å². The van der Waals surface area contributed by atoms with Crippen molar-refractivity contribution in [3.63, 3.8) is 0 Å². The van der Waals surface area contributed by atoms with Crippen molar-refractivity contribution in [3.05, 3.63) is 74.0 Å². The van der Waals surface area contributed by atoms with E-state index in [9.17, 15) is 19.2 Å². The standard InChI is InChI=1S/C20H18N6O4/c1-24-17-14(18(28)25(2)20(24)30)9-12(10-21-17)23-16(27)7-8-26-11-22-15-6-4-3-5-13(15)19(26)29/h3-6,9-11H,7-8H2,1-2H3,(H,23,27). The van der Waals surface area contributed by atoms with Crippen molar-refractivity contribution in [2.75, 3.05) is 5.32 Å². The van der Waals surface area contributed by atoms with Crippen molar-refractivity contribution < 1.29 is 4.79 Å².